The van der Waals surface area contributed by atoms with Gasteiger partial charge in [0.15, 0.2) is 0 Å². The minimum absolute atomic E-state index is 0.0481. The van der Waals surface area contributed by atoms with Gasteiger partial charge < -0.3 is 29.0 Å². The molecule has 0 aliphatic rings. The second-order valence-corrected chi connectivity index (χ2v) is 9.61. The van der Waals surface area contributed by atoms with Crippen LogP contribution in [0, 0.1) is 0 Å². The number of nitrogens with one attached hydrogen (secondary N) is 2. The summed E-state index contributed by atoms with van der Waals surface area (Å²) in [5.74, 6) is -1.12. The van der Waals surface area contributed by atoms with Crippen LogP contribution in [0.5, 0.6) is 11.8 Å². The van der Waals surface area contributed by atoms with Crippen LogP contribution in [0.4, 0.5) is 10.6 Å². The zero-order valence-electron chi connectivity index (χ0n) is 24.6. The first kappa shape index (κ1) is 31.8. The molecule has 0 saturated heterocycles. The number of urea groups is 1. The normalized spacial score (nSPS) is 10.6. The van der Waals surface area contributed by atoms with Crippen molar-refractivity contribution in [3.05, 3.63) is 53.3 Å². The Morgan fingerprint density at radius 1 is 0.932 bits per heavy atom. The predicted octanol–water partition coefficient (Wildman–Crippen LogP) is 4.08. The number of thiazole rings is 1. The van der Waals surface area contributed by atoms with E-state index in [1.807, 2.05) is 0 Å². The molecule has 0 saturated carbocycles. The van der Waals surface area contributed by atoms with Crippen molar-refractivity contribution in [2.24, 2.45) is 0 Å². The van der Waals surface area contributed by atoms with E-state index in [4.69, 9.17) is 28.7 Å². The van der Waals surface area contributed by atoms with Gasteiger partial charge in [0.05, 0.1) is 39.2 Å². The second kappa shape index (κ2) is 14.8. The van der Waals surface area contributed by atoms with Crippen LogP contribution >= 0.6 is 11.3 Å². The van der Waals surface area contributed by atoms with Gasteiger partial charge in [-0.15, -0.1) is 11.3 Å². The first-order valence-corrected chi connectivity index (χ1v) is 14.1. The van der Waals surface area contributed by atoms with Crippen molar-refractivity contribution in [3.63, 3.8) is 0 Å². The Morgan fingerprint density at radius 2 is 1.73 bits per heavy atom. The van der Waals surface area contributed by atoms with Crippen LogP contribution < -0.4 is 20.1 Å². The number of hydrogen-bond donors (Lipinski definition) is 2. The summed E-state index contributed by atoms with van der Waals surface area (Å²) in [4.78, 5) is 56.2. The topological polar surface area (TPSA) is 173 Å². The van der Waals surface area contributed by atoms with Crippen LogP contribution in [0.25, 0.3) is 33.0 Å². The standard InChI is InChI=1S/C29H30N6O8S/c1-6-30-29(38)35-23-22(28(37)42-5)21(19(14-32-23)16-12-18(27(36)41-4)24(40-3)33-13-16)26-34-20(15-44-26)17-8-7-9-31-25(17)43-11-10-39-2/h7-9,12-15H,6,10-11H2,1-5H3,(H2,30,32,35,38). The highest BCUT2D eigenvalue weighted by Crippen LogP contribution is 2.42. The van der Waals surface area contributed by atoms with Gasteiger partial charge in [0, 0.05) is 54.3 Å². The number of anilines is 1. The smallest absolute Gasteiger partial charge is 0.343 e. The lowest BCUT2D eigenvalue weighted by atomic mass is 9.97. The zero-order valence-corrected chi connectivity index (χ0v) is 25.4. The summed E-state index contributed by atoms with van der Waals surface area (Å²) in [5, 5.41) is 7.38. The number of carbonyl (C=O) groups excluding carboxylic acids is 3. The van der Waals surface area contributed by atoms with Crippen LogP contribution in [-0.4, -0.2) is 86.1 Å². The molecule has 230 valence electrons. The molecule has 0 atom stereocenters. The van der Waals surface area contributed by atoms with Gasteiger partial charge in [-0.05, 0) is 25.1 Å². The van der Waals surface area contributed by atoms with Gasteiger partial charge in [-0.25, -0.2) is 34.3 Å². The molecule has 2 N–H and O–H groups in total. The number of carbonyl (C=O) groups is 3. The maximum atomic E-state index is 13.3. The Hall–Kier alpha value is -5.15. The summed E-state index contributed by atoms with van der Waals surface area (Å²) in [5.41, 5.74) is 2.17. The monoisotopic (exact) mass is 622 g/mol. The van der Waals surface area contributed by atoms with E-state index >= 15 is 0 Å². The molecule has 4 heterocycles. The van der Waals surface area contributed by atoms with Crippen LogP contribution in [0.1, 0.15) is 27.6 Å². The molecule has 0 aliphatic heterocycles. The average Bonchev–Trinajstić information content (AvgIpc) is 3.54. The van der Waals surface area contributed by atoms with Gasteiger partial charge in [-0.3, -0.25) is 5.32 Å². The lowest BCUT2D eigenvalue weighted by Gasteiger charge is -2.17. The van der Waals surface area contributed by atoms with Crippen molar-refractivity contribution < 1.29 is 38.1 Å². The molecule has 15 heteroatoms. The van der Waals surface area contributed by atoms with E-state index in [-0.39, 0.29) is 35.0 Å². The Morgan fingerprint density at radius 3 is 2.43 bits per heavy atom. The summed E-state index contributed by atoms with van der Waals surface area (Å²) in [6, 6.07) is 4.49. The number of hydrogen-bond acceptors (Lipinski definition) is 13. The molecule has 0 bridgehead atoms. The molecule has 2 amide bonds. The Balaban J connectivity index is 1.96. The zero-order chi connectivity index (χ0) is 31.6. The Labute approximate surface area is 256 Å². The number of rotatable bonds is 12. The number of aromatic nitrogens is 4. The highest BCUT2D eigenvalue weighted by Gasteiger charge is 2.28. The van der Waals surface area contributed by atoms with E-state index in [2.05, 4.69) is 25.6 Å². The molecule has 44 heavy (non-hydrogen) atoms. The lowest BCUT2D eigenvalue weighted by molar-refractivity contribution is 0.0589. The molecule has 0 unspecified atom stereocenters. The van der Waals surface area contributed by atoms with Gasteiger partial charge in [0.1, 0.15) is 28.6 Å². The minimum Gasteiger partial charge on any atom is -0.480 e. The van der Waals surface area contributed by atoms with Gasteiger partial charge in [-0.1, -0.05) is 0 Å². The van der Waals surface area contributed by atoms with E-state index in [0.717, 1.165) is 0 Å². The van der Waals surface area contributed by atoms with Crippen LogP contribution in [0.3, 0.4) is 0 Å². The molecule has 4 aromatic heterocycles. The largest absolute Gasteiger partial charge is 0.480 e. The number of amides is 2. The molecule has 0 aromatic carbocycles. The first-order valence-electron chi connectivity index (χ1n) is 13.2. The van der Waals surface area contributed by atoms with Crippen LogP contribution in [-0.2, 0) is 14.2 Å². The summed E-state index contributed by atoms with van der Waals surface area (Å²) < 4.78 is 26.2. The van der Waals surface area contributed by atoms with E-state index < -0.39 is 18.0 Å². The molecule has 0 fully saturated rings. The van der Waals surface area contributed by atoms with Gasteiger partial charge in [-0.2, -0.15) is 0 Å². The third kappa shape index (κ3) is 6.90. The lowest BCUT2D eigenvalue weighted by Crippen LogP contribution is -2.29. The van der Waals surface area contributed by atoms with Crippen molar-refractivity contribution in [2.75, 3.05) is 53.5 Å². The van der Waals surface area contributed by atoms with Crippen molar-refractivity contribution >= 4 is 35.1 Å². The summed E-state index contributed by atoms with van der Waals surface area (Å²) in [7, 11) is 5.40. The Kier molecular flexibility index (Phi) is 10.7. The molecular weight excluding hydrogens is 592 g/mol. The van der Waals surface area contributed by atoms with Crippen LogP contribution in [0.15, 0.2) is 42.2 Å². The van der Waals surface area contributed by atoms with E-state index in [1.165, 1.54) is 51.1 Å². The summed E-state index contributed by atoms with van der Waals surface area (Å²) >= 11 is 1.23. The minimum atomic E-state index is -0.780. The number of methoxy groups -OCH3 is 4. The summed E-state index contributed by atoms with van der Waals surface area (Å²) in [6.45, 7) is 2.74. The second-order valence-electron chi connectivity index (χ2n) is 8.75. The van der Waals surface area contributed by atoms with Crippen molar-refractivity contribution in [2.45, 2.75) is 6.92 Å². The molecule has 0 aliphatic carbocycles. The molecule has 4 aromatic rings. The fourth-order valence-corrected chi connectivity index (χ4v) is 5.00. The van der Waals surface area contributed by atoms with E-state index in [0.29, 0.717) is 46.4 Å². The molecule has 4 rings (SSSR count). The molecule has 0 spiro atoms. The van der Waals surface area contributed by atoms with Crippen molar-refractivity contribution in [1.82, 2.24) is 25.3 Å². The quantitative estimate of drug-likeness (QED) is 0.171. The SMILES string of the molecule is CCNC(=O)Nc1ncc(-c2cnc(OC)c(C(=O)OC)c2)c(-c2nc(-c3cccnc3OCCOC)cs2)c1C(=O)OC. The van der Waals surface area contributed by atoms with Crippen molar-refractivity contribution in [3.8, 4) is 44.7 Å². The highest BCUT2D eigenvalue weighted by molar-refractivity contribution is 7.13. The van der Waals surface area contributed by atoms with Gasteiger partial charge >= 0.3 is 18.0 Å². The van der Waals surface area contributed by atoms with E-state index in [1.54, 1.807) is 37.7 Å². The van der Waals surface area contributed by atoms with E-state index in [9.17, 15) is 14.4 Å². The van der Waals surface area contributed by atoms with Gasteiger partial charge in [0.25, 0.3) is 0 Å². The molecule has 0 radical (unpaired) electrons. The number of ether oxygens (including phenoxy) is 5. The fraction of sp³-hybridized carbons (Fsp3) is 0.276. The third-order valence-corrected chi connectivity index (χ3v) is 6.95. The number of pyridine rings is 3. The average molecular weight is 623 g/mol. The maximum Gasteiger partial charge on any atom is 0.343 e. The Bertz CT molecular complexity index is 1660. The van der Waals surface area contributed by atoms with Crippen LogP contribution in [0.2, 0.25) is 0 Å². The molecule has 14 nitrogen and oxygen atoms in total. The van der Waals surface area contributed by atoms with Crippen molar-refractivity contribution in [1.29, 1.82) is 0 Å². The highest BCUT2D eigenvalue weighted by atomic mass is 32.1. The maximum absolute atomic E-state index is 13.3. The number of esters is 2. The first-order chi connectivity index (χ1) is 21.4. The van der Waals surface area contributed by atoms with Gasteiger partial charge in [0.2, 0.25) is 11.8 Å². The molecular formula is C29H30N6O8S. The predicted molar refractivity (Wildman–Crippen MR) is 161 cm³/mol. The third-order valence-electron chi connectivity index (χ3n) is 6.09. The summed E-state index contributed by atoms with van der Waals surface area (Å²) in [6.07, 6.45) is 4.50. The number of nitrogens with zero attached hydrogens (tertiary/aromatic N) is 4. The fourth-order valence-electron chi connectivity index (χ4n) is 4.11.